The van der Waals surface area contributed by atoms with Crippen LogP contribution in [0.2, 0.25) is 0 Å². The van der Waals surface area contributed by atoms with Crippen LogP contribution in [-0.2, 0) is 11.3 Å². The lowest BCUT2D eigenvalue weighted by Crippen LogP contribution is -2.43. The Labute approximate surface area is 145 Å². The first-order valence-electron chi connectivity index (χ1n) is 8.27. The maximum absolute atomic E-state index is 13.1. The largest absolute Gasteiger partial charge is 0.272 e. The van der Waals surface area contributed by atoms with E-state index in [0.717, 1.165) is 16.8 Å². The third-order valence-electron chi connectivity index (χ3n) is 4.53. The number of fused-ring (bicyclic) bond motifs is 1. The fourth-order valence-corrected chi connectivity index (χ4v) is 3.26. The lowest BCUT2D eigenvalue weighted by atomic mass is 9.80. The Balaban J connectivity index is 1.72. The van der Waals surface area contributed by atoms with Crippen LogP contribution < -0.4 is 0 Å². The molecule has 0 saturated heterocycles. The van der Waals surface area contributed by atoms with E-state index in [1.807, 2.05) is 54.6 Å². The maximum atomic E-state index is 13.1. The van der Waals surface area contributed by atoms with Crippen LogP contribution in [0.15, 0.2) is 84.0 Å². The number of hydrogen-bond donors (Lipinski definition) is 0. The van der Waals surface area contributed by atoms with Gasteiger partial charge in [-0.05, 0) is 23.3 Å². The number of rotatable bonds is 3. The summed E-state index contributed by atoms with van der Waals surface area (Å²) in [6.45, 7) is 0.330. The summed E-state index contributed by atoms with van der Waals surface area (Å²) in [6, 6.07) is 16.1. The van der Waals surface area contributed by atoms with E-state index in [1.54, 1.807) is 12.1 Å². The SMILES string of the molecule is O=C1C2C=CC=CC2C(c2ccccc2)=NN1Cc1ccc(F)cc1. The Bertz CT molecular complexity index is 869. The zero-order valence-electron chi connectivity index (χ0n) is 13.5. The molecule has 25 heavy (non-hydrogen) atoms. The first kappa shape index (κ1) is 15.5. The second kappa shape index (κ2) is 6.48. The first-order chi connectivity index (χ1) is 12.2. The third-order valence-corrected chi connectivity index (χ3v) is 4.53. The van der Waals surface area contributed by atoms with Crippen molar-refractivity contribution in [2.45, 2.75) is 6.54 Å². The molecule has 2 aromatic carbocycles. The van der Waals surface area contributed by atoms with Gasteiger partial charge in [0.25, 0.3) is 5.91 Å². The molecular weight excluding hydrogens is 315 g/mol. The standard InChI is InChI=1S/C21H17FN2O/c22-17-12-10-15(11-13-17)14-24-21(25)19-9-5-4-8-18(19)20(23-24)16-6-2-1-3-7-16/h1-13,18-19H,14H2. The quantitative estimate of drug-likeness (QED) is 0.838. The highest BCUT2D eigenvalue weighted by molar-refractivity contribution is 6.08. The molecule has 1 aliphatic carbocycles. The lowest BCUT2D eigenvalue weighted by molar-refractivity contribution is -0.136. The van der Waals surface area contributed by atoms with Crippen molar-refractivity contribution >= 4 is 11.6 Å². The molecule has 1 heterocycles. The van der Waals surface area contributed by atoms with E-state index in [2.05, 4.69) is 5.10 Å². The van der Waals surface area contributed by atoms with Crippen LogP contribution in [0.25, 0.3) is 0 Å². The van der Waals surface area contributed by atoms with Crippen LogP contribution in [0.3, 0.4) is 0 Å². The van der Waals surface area contributed by atoms with Crippen molar-refractivity contribution in [2.24, 2.45) is 16.9 Å². The van der Waals surface area contributed by atoms with E-state index in [9.17, 15) is 9.18 Å². The van der Waals surface area contributed by atoms with Gasteiger partial charge in [-0.25, -0.2) is 9.40 Å². The molecule has 0 bridgehead atoms. The number of carbonyl (C=O) groups is 1. The Hall–Kier alpha value is -3.01. The molecule has 0 aromatic heterocycles. The molecule has 0 radical (unpaired) electrons. The molecule has 0 N–H and O–H groups in total. The van der Waals surface area contributed by atoms with E-state index in [4.69, 9.17) is 0 Å². The highest BCUT2D eigenvalue weighted by Gasteiger charge is 2.37. The second-order valence-corrected chi connectivity index (χ2v) is 6.19. The Morgan fingerprint density at radius 1 is 0.920 bits per heavy atom. The summed E-state index contributed by atoms with van der Waals surface area (Å²) in [4.78, 5) is 12.9. The van der Waals surface area contributed by atoms with Crippen LogP contribution in [0.4, 0.5) is 4.39 Å². The molecule has 2 unspecified atom stereocenters. The molecule has 1 aliphatic heterocycles. The Morgan fingerprint density at radius 2 is 1.60 bits per heavy atom. The van der Waals surface area contributed by atoms with Crippen molar-refractivity contribution in [2.75, 3.05) is 0 Å². The van der Waals surface area contributed by atoms with Crippen molar-refractivity contribution in [3.63, 3.8) is 0 Å². The van der Waals surface area contributed by atoms with Gasteiger partial charge >= 0.3 is 0 Å². The summed E-state index contributed by atoms with van der Waals surface area (Å²) in [5, 5.41) is 6.16. The van der Waals surface area contributed by atoms with Gasteiger partial charge < -0.3 is 0 Å². The number of carbonyl (C=O) groups excluding carboxylic acids is 1. The molecule has 2 aromatic rings. The van der Waals surface area contributed by atoms with E-state index in [1.165, 1.54) is 17.1 Å². The van der Waals surface area contributed by atoms with Crippen molar-refractivity contribution in [3.8, 4) is 0 Å². The minimum atomic E-state index is -0.289. The van der Waals surface area contributed by atoms with Gasteiger partial charge in [0.05, 0.1) is 18.2 Å². The molecule has 0 fully saturated rings. The van der Waals surface area contributed by atoms with Crippen molar-refractivity contribution in [3.05, 3.63) is 95.8 Å². The van der Waals surface area contributed by atoms with Crippen molar-refractivity contribution in [1.29, 1.82) is 0 Å². The van der Waals surface area contributed by atoms with E-state index < -0.39 is 0 Å². The van der Waals surface area contributed by atoms with Gasteiger partial charge in [0.15, 0.2) is 0 Å². The van der Waals surface area contributed by atoms with Crippen LogP contribution in [-0.4, -0.2) is 16.6 Å². The minimum Gasteiger partial charge on any atom is -0.272 e. The molecule has 0 spiro atoms. The van der Waals surface area contributed by atoms with E-state index in [0.29, 0.717) is 6.54 Å². The smallest absolute Gasteiger partial charge is 0.250 e. The molecule has 3 nitrogen and oxygen atoms in total. The molecule has 4 rings (SSSR count). The molecule has 4 heteroatoms. The molecular formula is C21H17FN2O. The Morgan fingerprint density at radius 3 is 2.32 bits per heavy atom. The zero-order valence-corrected chi connectivity index (χ0v) is 13.5. The van der Waals surface area contributed by atoms with Crippen molar-refractivity contribution in [1.82, 2.24) is 5.01 Å². The zero-order chi connectivity index (χ0) is 17.2. The lowest BCUT2D eigenvalue weighted by Gasteiger charge is -2.34. The van der Waals surface area contributed by atoms with Gasteiger partial charge in [0.2, 0.25) is 0 Å². The van der Waals surface area contributed by atoms with Gasteiger partial charge in [-0.1, -0.05) is 66.8 Å². The fraction of sp³-hybridized carbons (Fsp3) is 0.143. The van der Waals surface area contributed by atoms with Gasteiger partial charge in [-0.15, -0.1) is 0 Å². The van der Waals surface area contributed by atoms with E-state index in [-0.39, 0.29) is 23.6 Å². The Kier molecular flexibility index (Phi) is 4.02. The number of halogens is 1. The predicted molar refractivity (Wildman–Crippen MR) is 95.2 cm³/mol. The predicted octanol–water partition coefficient (Wildman–Crippen LogP) is 3.93. The summed E-state index contributed by atoms with van der Waals surface area (Å²) < 4.78 is 13.1. The molecule has 2 atom stereocenters. The summed E-state index contributed by atoms with van der Waals surface area (Å²) in [6.07, 6.45) is 7.83. The number of hydrazone groups is 1. The molecule has 1 amide bonds. The number of nitrogens with zero attached hydrogens (tertiary/aromatic N) is 2. The average molecular weight is 332 g/mol. The first-order valence-corrected chi connectivity index (χ1v) is 8.27. The number of hydrogen-bond acceptors (Lipinski definition) is 2. The van der Waals surface area contributed by atoms with Gasteiger partial charge in [-0.3, -0.25) is 4.79 Å². The summed E-state index contributed by atoms with van der Waals surface area (Å²) in [5.74, 6) is -0.625. The minimum absolute atomic E-state index is 0.0328. The second-order valence-electron chi connectivity index (χ2n) is 6.19. The summed E-state index contributed by atoms with van der Waals surface area (Å²) in [7, 11) is 0. The molecule has 2 aliphatic rings. The summed E-state index contributed by atoms with van der Waals surface area (Å²) in [5.41, 5.74) is 2.74. The number of allylic oxidation sites excluding steroid dienone is 3. The van der Waals surface area contributed by atoms with Gasteiger partial charge in [0.1, 0.15) is 5.82 Å². The monoisotopic (exact) mass is 332 g/mol. The van der Waals surface area contributed by atoms with E-state index >= 15 is 0 Å². The molecule has 0 saturated carbocycles. The van der Waals surface area contributed by atoms with Crippen LogP contribution in [0, 0.1) is 17.7 Å². The van der Waals surface area contributed by atoms with Crippen molar-refractivity contribution < 1.29 is 9.18 Å². The normalized spacial score (nSPS) is 21.9. The average Bonchev–Trinajstić information content (AvgIpc) is 2.66. The van der Waals surface area contributed by atoms with Gasteiger partial charge in [0, 0.05) is 5.92 Å². The molecule has 124 valence electrons. The third kappa shape index (κ3) is 3.03. The topological polar surface area (TPSA) is 32.7 Å². The number of amides is 1. The number of benzene rings is 2. The highest BCUT2D eigenvalue weighted by Crippen LogP contribution is 2.31. The summed E-state index contributed by atoms with van der Waals surface area (Å²) >= 11 is 0. The highest BCUT2D eigenvalue weighted by atomic mass is 19.1. The van der Waals surface area contributed by atoms with Gasteiger partial charge in [-0.2, -0.15) is 5.10 Å². The van der Waals surface area contributed by atoms with Crippen LogP contribution in [0.1, 0.15) is 11.1 Å². The van der Waals surface area contributed by atoms with Crippen LogP contribution in [0.5, 0.6) is 0 Å². The van der Waals surface area contributed by atoms with Crippen LogP contribution >= 0.6 is 0 Å². The maximum Gasteiger partial charge on any atom is 0.250 e. The fourth-order valence-electron chi connectivity index (χ4n) is 3.26.